The summed E-state index contributed by atoms with van der Waals surface area (Å²) in [4.78, 5) is 29.1. The molecule has 0 amide bonds. The number of aliphatic hydroxyl groups excluding tert-OH is 4. The lowest BCUT2D eigenvalue weighted by Crippen LogP contribution is -2.31. The second-order valence-electron chi connectivity index (χ2n) is 3.04. The van der Waals surface area contributed by atoms with Crippen molar-refractivity contribution in [3.05, 3.63) is 11.5 Å². The number of ether oxygens (including phenoxy) is 1. The van der Waals surface area contributed by atoms with Gasteiger partial charge in [-0.3, -0.25) is 9.59 Å². The van der Waals surface area contributed by atoms with E-state index in [1.165, 1.54) is 6.92 Å². The lowest BCUT2D eigenvalue weighted by molar-refractivity contribution is -0.147. The first-order chi connectivity index (χ1) is 7.84. The van der Waals surface area contributed by atoms with Crippen LogP contribution in [0.4, 0.5) is 0 Å². The molecular weight excluding hydrogens is 236 g/mol. The van der Waals surface area contributed by atoms with Crippen LogP contribution in [-0.2, 0) is 19.1 Å². The minimum absolute atomic E-state index is 0.278. The third kappa shape index (κ3) is 4.21. The maximum atomic E-state index is 10.5. The van der Waals surface area contributed by atoms with E-state index in [9.17, 15) is 9.59 Å². The Balaban J connectivity index is 0.000000437. The second kappa shape index (κ2) is 6.61. The van der Waals surface area contributed by atoms with Crippen molar-refractivity contribution in [3.63, 3.8) is 0 Å². The summed E-state index contributed by atoms with van der Waals surface area (Å²) in [6, 6.07) is 0. The van der Waals surface area contributed by atoms with Gasteiger partial charge in [-0.1, -0.05) is 0 Å². The summed E-state index contributed by atoms with van der Waals surface area (Å²) < 4.78 is 4.32. The zero-order valence-corrected chi connectivity index (χ0v) is 8.86. The summed E-state index contributed by atoms with van der Waals surface area (Å²) in [5.74, 6) is -3.20. The highest BCUT2D eigenvalue weighted by atomic mass is 16.6. The van der Waals surface area contributed by atoms with Gasteiger partial charge in [0.1, 0.15) is 6.10 Å². The summed E-state index contributed by atoms with van der Waals surface area (Å²) in [5, 5.41) is 35.0. The van der Waals surface area contributed by atoms with Gasteiger partial charge in [0.2, 0.25) is 5.76 Å². The van der Waals surface area contributed by atoms with Crippen LogP contribution in [0.2, 0.25) is 0 Å². The Bertz CT molecular complexity index is 345. The molecule has 8 heteroatoms. The van der Waals surface area contributed by atoms with Gasteiger partial charge in [0.05, 0.1) is 6.61 Å². The van der Waals surface area contributed by atoms with Crippen LogP contribution in [0.1, 0.15) is 6.92 Å². The maximum absolute atomic E-state index is 10.5. The van der Waals surface area contributed by atoms with E-state index in [4.69, 9.17) is 25.2 Å². The van der Waals surface area contributed by atoms with Crippen molar-refractivity contribution in [3.8, 4) is 0 Å². The van der Waals surface area contributed by atoms with Crippen molar-refractivity contribution < 1.29 is 39.5 Å². The third-order valence-electron chi connectivity index (χ3n) is 1.64. The smallest absolute Gasteiger partial charge is 0.377 e. The van der Waals surface area contributed by atoms with Crippen LogP contribution in [0.3, 0.4) is 0 Å². The van der Waals surface area contributed by atoms with Crippen LogP contribution in [0.15, 0.2) is 11.5 Å². The van der Waals surface area contributed by atoms with Gasteiger partial charge in [-0.15, -0.1) is 0 Å². The first-order valence-corrected chi connectivity index (χ1v) is 4.42. The number of rotatable bonds is 3. The van der Waals surface area contributed by atoms with Gasteiger partial charge in [-0.05, 0) is 0 Å². The summed E-state index contributed by atoms with van der Waals surface area (Å²) in [5.41, 5.74) is 0. The minimum Gasteiger partial charge on any atom is -0.505 e. The molecule has 8 nitrogen and oxygen atoms in total. The minimum atomic E-state index is -1.42. The number of hydrogen-bond donors (Lipinski definition) is 4. The Hall–Kier alpha value is -1.93. The summed E-state index contributed by atoms with van der Waals surface area (Å²) in [7, 11) is 0. The van der Waals surface area contributed by atoms with E-state index in [2.05, 4.69) is 4.74 Å². The van der Waals surface area contributed by atoms with E-state index in [1.807, 2.05) is 0 Å². The van der Waals surface area contributed by atoms with E-state index in [-0.39, 0.29) is 6.29 Å². The van der Waals surface area contributed by atoms with Gasteiger partial charge in [-0.2, -0.15) is 0 Å². The standard InChI is InChI=1S/C6H8O6.C3H4O2/c7-1-2(8)5-3(9)4(10)6(11)12-5;1-3(5)2-4/h2,5,7-10H,1H2;2H,1H3/t2-,5+;/m0./s1. The Labute approximate surface area is 95.7 Å². The van der Waals surface area contributed by atoms with Crippen LogP contribution in [0.5, 0.6) is 0 Å². The Morgan fingerprint density at radius 3 is 2.24 bits per heavy atom. The van der Waals surface area contributed by atoms with Crippen LogP contribution >= 0.6 is 0 Å². The van der Waals surface area contributed by atoms with Gasteiger partial charge in [0, 0.05) is 6.92 Å². The van der Waals surface area contributed by atoms with Gasteiger partial charge in [-0.25, -0.2) is 4.79 Å². The lowest BCUT2D eigenvalue weighted by Gasteiger charge is -2.13. The molecule has 0 aromatic carbocycles. The summed E-state index contributed by atoms with van der Waals surface area (Å²) in [6.07, 6.45) is -2.50. The first kappa shape index (κ1) is 15.1. The Morgan fingerprint density at radius 1 is 1.53 bits per heavy atom. The molecule has 0 fully saturated rings. The fraction of sp³-hybridized carbons (Fsp3) is 0.444. The molecule has 0 spiro atoms. The SMILES string of the molecule is CC(=O)C=O.O=C1O[C@H]([C@@H](O)CO)C(O)=C1O. The molecule has 2 atom stereocenters. The van der Waals surface area contributed by atoms with E-state index >= 15 is 0 Å². The number of Topliss-reactive ketones (excluding diaryl/α,β-unsaturated/α-hetero) is 1. The molecule has 0 saturated heterocycles. The van der Waals surface area contributed by atoms with Crippen molar-refractivity contribution in [1.82, 2.24) is 0 Å². The van der Waals surface area contributed by atoms with Crippen LogP contribution in [0, 0.1) is 0 Å². The summed E-state index contributed by atoms with van der Waals surface area (Å²) in [6.45, 7) is 0.544. The number of hydrogen-bond acceptors (Lipinski definition) is 8. The zero-order valence-electron chi connectivity index (χ0n) is 8.86. The number of cyclic esters (lactones) is 1. The van der Waals surface area contributed by atoms with E-state index in [1.54, 1.807) is 0 Å². The first-order valence-electron chi connectivity index (χ1n) is 4.42. The molecule has 4 N–H and O–H groups in total. The van der Waals surface area contributed by atoms with Gasteiger partial charge >= 0.3 is 5.97 Å². The number of esters is 1. The van der Waals surface area contributed by atoms with Gasteiger partial charge < -0.3 is 25.2 Å². The molecule has 1 heterocycles. The zero-order chi connectivity index (χ0) is 13.6. The van der Waals surface area contributed by atoms with Gasteiger partial charge in [0.25, 0.3) is 0 Å². The second-order valence-corrected chi connectivity index (χ2v) is 3.04. The molecule has 0 saturated carbocycles. The highest BCUT2D eigenvalue weighted by molar-refractivity contribution is 6.23. The monoisotopic (exact) mass is 248 g/mol. The van der Waals surface area contributed by atoms with Crippen LogP contribution in [-0.4, -0.2) is 57.3 Å². The number of aliphatic hydroxyl groups is 4. The fourth-order valence-corrected chi connectivity index (χ4v) is 0.823. The molecule has 0 bridgehead atoms. The van der Waals surface area contributed by atoms with E-state index in [0.29, 0.717) is 0 Å². The Kier molecular flexibility index (Phi) is 5.86. The number of carbonyl (C=O) groups excluding carboxylic acids is 3. The van der Waals surface area contributed by atoms with Crippen molar-refractivity contribution in [2.24, 2.45) is 0 Å². The lowest BCUT2D eigenvalue weighted by atomic mass is 10.2. The molecule has 0 aliphatic carbocycles. The average Bonchev–Trinajstić information content (AvgIpc) is 2.56. The number of carbonyl (C=O) groups is 3. The van der Waals surface area contributed by atoms with E-state index in [0.717, 1.165) is 0 Å². The molecule has 0 radical (unpaired) electrons. The molecule has 1 aliphatic heterocycles. The molecule has 96 valence electrons. The largest absolute Gasteiger partial charge is 0.505 e. The van der Waals surface area contributed by atoms with Crippen molar-refractivity contribution in [2.75, 3.05) is 6.61 Å². The highest BCUT2D eigenvalue weighted by Gasteiger charge is 2.38. The van der Waals surface area contributed by atoms with Crippen molar-refractivity contribution in [1.29, 1.82) is 0 Å². The Morgan fingerprint density at radius 2 is 2.00 bits per heavy atom. The van der Waals surface area contributed by atoms with Gasteiger partial charge in [0.15, 0.2) is 23.9 Å². The maximum Gasteiger partial charge on any atom is 0.377 e. The third-order valence-corrected chi connectivity index (χ3v) is 1.64. The molecule has 0 aromatic heterocycles. The molecule has 0 aromatic rings. The predicted octanol–water partition coefficient (Wildman–Crippen LogP) is -1.63. The summed E-state index contributed by atoms with van der Waals surface area (Å²) >= 11 is 0. The van der Waals surface area contributed by atoms with Crippen LogP contribution in [0.25, 0.3) is 0 Å². The molecule has 17 heavy (non-hydrogen) atoms. The number of aldehydes is 1. The predicted molar refractivity (Wildman–Crippen MR) is 52.0 cm³/mol. The van der Waals surface area contributed by atoms with Crippen LogP contribution < -0.4 is 0 Å². The highest BCUT2D eigenvalue weighted by Crippen LogP contribution is 2.20. The average molecular weight is 248 g/mol. The quantitative estimate of drug-likeness (QED) is 0.265. The van der Waals surface area contributed by atoms with Crippen molar-refractivity contribution >= 4 is 18.0 Å². The topological polar surface area (TPSA) is 141 Å². The normalized spacial score (nSPS) is 20.2. The molecular formula is C9H12O8. The molecule has 1 aliphatic rings. The number of ketones is 1. The fourth-order valence-electron chi connectivity index (χ4n) is 0.823. The molecule has 1 rings (SSSR count). The molecule has 0 unspecified atom stereocenters. The van der Waals surface area contributed by atoms with E-state index < -0.39 is 42.1 Å². The van der Waals surface area contributed by atoms with Crippen molar-refractivity contribution in [2.45, 2.75) is 19.1 Å².